The van der Waals surface area contributed by atoms with Gasteiger partial charge in [0, 0.05) is 26.1 Å². The quantitative estimate of drug-likeness (QED) is 0.771. The van der Waals surface area contributed by atoms with Gasteiger partial charge in [0.05, 0.1) is 11.9 Å². The lowest BCUT2D eigenvalue weighted by molar-refractivity contribution is 0.0932. The molecule has 1 atom stereocenters. The molecular weight excluding hydrogens is 290 g/mol. The number of Topliss-reactive ketones (excluding diaryl/α,β-unsaturated/α-hetero) is 1. The van der Waals surface area contributed by atoms with Gasteiger partial charge in [0.1, 0.15) is 5.69 Å². The van der Waals surface area contributed by atoms with E-state index in [0.717, 1.165) is 18.5 Å². The molecule has 21 heavy (non-hydrogen) atoms. The van der Waals surface area contributed by atoms with Crippen LogP contribution in [0.1, 0.15) is 42.4 Å². The largest absolute Gasteiger partial charge is 0.292 e. The minimum absolute atomic E-state index is 0.0535. The van der Waals surface area contributed by atoms with Crippen molar-refractivity contribution < 1.29 is 13.2 Å². The molecule has 6 nitrogen and oxygen atoms in total. The van der Waals surface area contributed by atoms with Gasteiger partial charge in [-0.15, -0.1) is 0 Å². The fourth-order valence-electron chi connectivity index (χ4n) is 2.87. The van der Waals surface area contributed by atoms with E-state index in [1.54, 1.807) is 4.68 Å². The first-order valence-electron chi connectivity index (χ1n) is 7.34. The molecule has 0 N–H and O–H groups in total. The summed E-state index contributed by atoms with van der Waals surface area (Å²) < 4.78 is 26.4. The van der Waals surface area contributed by atoms with Crippen LogP contribution in [0.4, 0.5) is 0 Å². The molecule has 0 aromatic carbocycles. The number of ketones is 1. The van der Waals surface area contributed by atoms with Crippen LogP contribution in [0, 0.1) is 12.8 Å². The highest BCUT2D eigenvalue weighted by Crippen LogP contribution is 2.23. The average molecular weight is 313 g/mol. The molecule has 7 heteroatoms. The van der Waals surface area contributed by atoms with Gasteiger partial charge in [-0.05, 0) is 38.7 Å². The summed E-state index contributed by atoms with van der Waals surface area (Å²) in [6.45, 7) is 5.50. The van der Waals surface area contributed by atoms with Gasteiger partial charge in [-0.3, -0.25) is 9.48 Å². The van der Waals surface area contributed by atoms with E-state index in [1.807, 2.05) is 19.9 Å². The smallest absolute Gasteiger partial charge is 0.211 e. The van der Waals surface area contributed by atoms with E-state index in [9.17, 15) is 13.2 Å². The Bertz CT molecular complexity index is 621. The molecule has 0 aliphatic carbocycles. The number of aryl methyl sites for hydroxylation is 2. The van der Waals surface area contributed by atoms with E-state index in [1.165, 1.54) is 10.6 Å². The van der Waals surface area contributed by atoms with E-state index in [2.05, 4.69) is 5.10 Å². The summed E-state index contributed by atoms with van der Waals surface area (Å²) >= 11 is 0. The summed E-state index contributed by atoms with van der Waals surface area (Å²) in [7, 11) is -3.16. The third kappa shape index (κ3) is 3.91. The molecule has 1 aromatic heterocycles. The van der Waals surface area contributed by atoms with Gasteiger partial charge < -0.3 is 0 Å². The number of aromatic nitrogens is 2. The second kappa shape index (κ2) is 6.27. The Kier molecular flexibility index (Phi) is 4.83. The molecule has 2 heterocycles. The van der Waals surface area contributed by atoms with E-state index in [-0.39, 0.29) is 11.7 Å². The van der Waals surface area contributed by atoms with Crippen LogP contribution in [0.2, 0.25) is 0 Å². The lowest BCUT2D eigenvalue weighted by atomic mass is 9.93. The van der Waals surface area contributed by atoms with Crippen LogP contribution in [-0.4, -0.2) is 47.6 Å². The lowest BCUT2D eigenvalue weighted by Crippen LogP contribution is -2.39. The predicted octanol–water partition coefficient (Wildman–Crippen LogP) is 1.46. The predicted molar refractivity (Wildman–Crippen MR) is 80.7 cm³/mol. The van der Waals surface area contributed by atoms with Crippen molar-refractivity contribution in [2.24, 2.45) is 5.92 Å². The molecule has 0 saturated carbocycles. The van der Waals surface area contributed by atoms with Gasteiger partial charge >= 0.3 is 0 Å². The molecular formula is C14H23N3O3S. The zero-order valence-electron chi connectivity index (χ0n) is 12.9. The minimum atomic E-state index is -3.16. The highest BCUT2D eigenvalue weighted by Gasteiger charge is 2.28. The highest BCUT2D eigenvalue weighted by molar-refractivity contribution is 7.88. The Morgan fingerprint density at radius 1 is 1.48 bits per heavy atom. The van der Waals surface area contributed by atoms with Crippen molar-refractivity contribution in [3.63, 3.8) is 0 Å². The molecule has 2 rings (SSSR count). The third-order valence-electron chi connectivity index (χ3n) is 3.91. The van der Waals surface area contributed by atoms with Crippen LogP contribution in [0.25, 0.3) is 0 Å². The van der Waals surface area contributed by atoms with E-state index in [0.29, 0.717) is 31.7 Å². The van der Waals surface area contributed by atoms with Crippen LogP contribution < -0.4 is 0 Å². The number of piperidine rings is 1. The molecule has 0 bridgehead atoms. The first-order valence-corrected chi connectivity index (χ1v) is 9.19. The van der Waals surface area contributed by atoms with Gasteiger partial charge in [0.15, 0.2) is 5.78 Å². The summed E-state index contributed by atoms with van der Waals surface area (Å²) in [6, 6.07) is 1.81. The SMILES string of the molecule is CCn1nc(C)cc1C(=O)CC1CCCN(S(C)(=O)=O)C1. The number of hydrogen-bond acceptors (Lipinski definition) is 4. The summed E-state index contributed by atoms with van der Waals surface area (Å²) in [5.41, 5.74) is 1.47. The number of nitrogens with zero attached hydrogens (tertiary/aromatic N) is 3. The normalized spacial score (nSPS) is 20.6. The fourth-order valence-corrected chi connectivity index (χ4v) is 3.81. The first kappa shape index (κ1) is 16.2. The summed E-state index contributed by atoms with van der Waals surface area (Å²) in [4.78, 5) is 12.4. The minimum Gasteiger partial charge on any atom is -0.292 e. The monoisotopic (exact) mass is 313 g/mol. The Balaban J connectivity index is 2.05. The zero-order chi connectivity index (χ0) is 15.6. The number of carbonyl (C=O) groups excluding carboxylic acids is 1. The maximum Gasteiger partial charge on any atom is 0.211 e. The van der Waals surface area contributed by atoms with E-state index in [4.69, 9.17) is 0 Å². The van der Waals surface area contributed by atoms with Gasteiger partial charge in [0.25, 0.3) is 0 Å². The van der Waals surface area contributed by atoms with Crippen molar-refractivity contribution in [2.45, 2.75) is 39.7 Å². The molecule has 1 unspecified atom stereocenters. The van der Waals surface area contributed by atoms with Crippen molar-refractivity contribution in [3.8, 4) is 0 Å². The van der Waals surface area contributed by atoms with Crippen LogP contribution in [-0.2, 0) is 16.6 Å². The molecule has 118 valence electrons. The third-order valence-corrected chi connectivity index (χ3v) is 5.18. The Morgan fingerprint density at radius 2 is 2.19 bits per heavy atom. The van der Waals surface area contributed by atoms with Crippen LogP contribution in [0.3, 0.4) is 0 Å². The number of hydrogen-bond donors (Lipinski definition) is 0. The maximum atomic E-state index is 12.4. The van der Waals surface area contributed by atoms with Crippen molar-refractivity contribution in [3.05, 3.63) is 17.5 Å². The Labute approximate surface area is 126 Å². The molecule has 0 spiro atoms. The van der Waals surface area contributed by atoms with Crippen molar-refractivity contribution >= 4 is 15.8 Å². The number of sulfonamides is 1. The van der Waals surface area contributed by atoms with Crippen LogP contribution >= 0.6 is 0 Å². The topological polar surface area (TPSA) is 72.3 Å². The van der Waals surface area contributed by atoms with Crippen LogP contribution in [0.5, 0.6) is 0 Å². The fraction of sp³-hybridized carbons (Fsp3) is 0.714. The van der Waals surface area contributed by atoms with E-state index >= 15 is 0 Å². The Hall–Kier alpha value is -1.21. The second-order valence-electron chi connectivity index (χ2n) is 5.74. The molecule has 1 fully saturated rings. The number of rotatable bonds is 5. The molecule has 1 aliphatic heterocycles. The summed E-state index contributed by atoms with van der Waals surface area (Å²) in [6.07, 6.45) is 3.33. The molecule has 1 aromatic rings. The Morgan fingerprint density at radius 3 is 2.81 bits per heavy atom. The molecule has 0 amide bonds. The zero-order valence-corrected chi connectivity index (χ0v) is 13.7. The molecule has 1 saturated heterocycles. The van der Waals surface area contributed by atoms with Gasteiger partial charge in [-0.25, -0.2) is 12.7 Å². The standard InChI is InChI=1S/C14H23N3O3S/c1-4-17-13(8-11(2)15-17)14(18)9-12-6-5-7-16(10-12)21(3,19)20/h8,12H,4-7,9-10H2,1-3H3. The van der Waals surface area contributed by atoms with Gasteiger partial charge in [0.2, 0.25) is 10.0 Å². The summed E-state index contributed by atoms with van der Waals surface area (Å²) in [5, 5.41) is 4.29. The molecule has 1 aliphatic rings. The average Bonchev–Trinajstić information content (AvgIpc) is 2.79. The lowest BCUT2D eigenvalue weighted by Gasteiger charge is -2.30. The van der Waals surface area contributed by atoms with Crippen molar-refractivity contribution in [1.29, 1.82) is 0 Å². The van der Waals surface area contributed by atoms with Crippen molar-refractivity contribution in [2.75, 3.05) is 19.3 Å². The second-order valence-corrected chi connectivity index (χ2v) is 7.73. The first-order chi connectivity index (χ1) is 9.81. The van der Waals surface area contributed by atoms with Gasteiger partial charge in [-0.1, -0.05) is 0 Å². The number of carbonyl (C=O) groups is 1. The van der Waals surface area contributed by atoms with Crippen LogP contribution in [0.15, 0.2) is 6.07 Å². The van der Waals surface area contributed by atoms with E-state index < -0.39 is 10.0 Å². The van der Waals surface area contributed by atoms with Gasteiger partial charge in [-0.2, -0.15) is 5.10 Å². The van der Waals surface area contributed by atoms with Crippen molar-refractivity contribution in [1.82, 2.24) is 14.1 Å². The molecule has 0 radical (unpaired) electrons. The highest BCUT2D eigenvalue weighted by atomic mass is 32.2. The maximum absolute atomic E-state index is 12.4. The summed E-state index contributed by atoms with van der Waals surface area (Å²) in [5.74, 6) is 0.152.